The van der Waals surface area contributed by atoms with Gasteiger partial charge in [0.05, 0.1) is 0 Å². The Labute approximate surface area is 145 Å². The number of hydrogen-bond acceptors (Lipinski definition) is 4. The molecule has 0 amide bonds. The van der Waals surface area contributed by atoms with E-state index in [0.29, 0.717) is 19.3 Å². The minimum Gasteiger partial charge on any atom is -0.508 e. The average molecular weight is 336 g/mol. The van der Waals surface area contributed by atoms with Crippen LogP contribution in [-0.4, -0.2) is 22.3 Å². The Morgan fingerprint density at radius 3 is 1.92 bits per heavy atom. The summed E-state index contributed by atoms with van der Waals surface area (Å²) >= 11 is 0. The molecule has 0 aliphatic carbocycles. The van der Waals surface area contributed by atoms with Crippen LogP contribution in [0.1, 0.15) is 71.4 Å². The minimum atomic E-state index is -0.510. The molecule has 0 aliphatic heterocycles. The standard InChI is InChI=1S/C20H32O4/c1-19(2,3)10-6-8-15-12-17(22)13-16(18(15)23)9-7-11-20(4,5)24-14-21/h12-14,22-23H,6-11H2,1-5H3. The highest BCUT2D eigenvalue weighted by molar-refractivity contribution is 5.46. The Morgan fingerprint density at radius 2 is 1.46 bits per heavy atom. The van der Waals surface area contributed by atoms with E-state index >= 15 is 0 Å². The lowest BCUT2D eigenvalue weighted by atomic mass is 9.88. The summed E-state index contributed by atoms with van der Waals surface area (Å²) in [5.41, 5.74) is 1.31. The second kappa shape index (κ2) is 8.41. The molecule has 4 heteroatoms. The van der Waals surface area contributed by atoms with Crippen molar-refractivity contribution in [3.8, 4) is 11.5 Å². The normalized spacial score (nSPS) is 12.2. The third-order valence-corrected chi connectivity index (χ3v) is 4.22. The third-order valence-electron chi connectivity index (χ3n) is 4.22. The van der Waals surface area contributed by atoms with E-state index in [2.05, 4.69) is 20.8 Å². The first-order valence-electron chi connectivity index (χ1n) is 8.69. The molecule has 0 aromatic heterocycles. The highest BCUT2D eigenvalue weighted by Gasteiger charge is 2.19. The van der Waals surface area contributed by atoms with Gasteiger partial charge in [-0.15, -0.1) is 0 Å². The fourth-order valence-corrected chi connectivity index (χ4v) is 2.83. The van der Waals surface area contributed by atoms with E-state index in [-0.39, 0.29) is 16.9 Å². The lowest BCUT2D eigenvalue weighted by Crippen LogP contribution is -2.23. The van der Waals surface area contributed by atoms with E-state index in [0.717, 1.165) is 36.8 Å². The number of hydrogen-bond donors (Lipinski definition) is 2. The van der Waals surface area contributed by atoms with Crippen LogP contribution in [0, 0.1) is 5.41 Å². The van der Waals surface area contributed by atoms with Crippen molar-refractivity contribution in [2.75, 3.05) is 0 Å². The first-order valence-corrected chi connectivity index (χ1v) is 8.69. The number of phenolic OH excluding ortho intramolecular Hbond substituents is 2. The van der Waals surface area contributed by atoms with E-state index in [9.17, 15) is 15.0 Å². The van der Waals surface area contributed by atoms with Crippen molar-refractivity contribution in [3.63, 3.8) is 0 Å². The van der Waals surface area contributed by atoms with Crippen molar-refractivity contribution >= 4 is 6.47 Å². The second-order valence-corrected chi connectivity index (χ2v) is 8.35. The molecule has 0 bridgehead atoms. The van der Waals surface area contributed by atoms with Crippen LogP contribution in [0.15, 0.2) is 12.1 Å². The van der Waals surface area contributed by atoms with Crippen molar-refractivity contribution < 1.29 is 19.7 Å². The quantitative estimate of drug-likeness (QED) is 0.505. The summed E-state index contributed by atoms with van der Waals surface area (Å²) in [5.74, 6) is 0.479. The zero-order chi connectivity index (χ0) is 18.4. The van der Waals surface area contributed by atoms with E-state index in [4.69, 9.17) is 4.74 Å². The van der Waals surface area contributed by atoms with Crippen molar-refractivity contribution in [1.29, 1.82) is 0 Å². The molecule has 0 saturated heterocycles. The maximum atomic E-state index is 10.5. The topological polar surface area (TPSA) is 66.8 Å². The highest BCUT2D eigenvalue weighted by atomic mass is 16.5. The van der Waals surface area contributed by atoms with Gasteiger partial charge in [0, 0.05) is 0 Å². The predicted molar refractivity (Wildman–Crippen MR) is 96.3 cm³/mol. The molecule has 1 aromatic carbocycles. The van der Waals surface area contributed by atoms with Crippen LogP contribution in [0.3, 0.4) is 0 Å². The molecule has 0 radical (unpaired) electrons. The van der Waals surface area contributed by atoms with Gasteiger partial charge < -0.3 is 14.9 Å². The van der Waals surface area contributed by atoms with Gasteiger partial charge in [-0.2, -0.15) is 0 Å². The average Bonchev–Trinajstić information content (AvgIpc) is 2.41. The molecule has 4 nitrogen and oxygen atoms in total. The molecule has 0 spiro atoms. The summed E-state index contributed by atoms with van der Waals surface area (Å²) in [6.45, 7) is 10.8. The molecular formula is C20H32O4. The van der Waals surface area contributed by atoms with Crippen LogP contribution < -0.4 is 0 Å². The molecule has 0 heterocycles. The van der Waals surface area contributed by atoms with Gasteiger partial charge in [-0.3, -0.25) is 4.79 Å². The number of carbonyl (C=O) groups is 1. The molecule has 2 N–H and O–H groups in total. The van der Waals surface area contributed by atoms with Crippen LogP contribution >= 0.6 is 0 Å². The van der Waals surface area contributed by atoms with Crippen molar-refractivity contribution in [2.24, 2.45) is 5.41 Å². The summed E-state index contributed by atoms with van der Waals surface area (Å²) in [4.78, 5) is 10.5. The summed E-state index contributed by atoms with van der Waals surface area (Å²) in [6, 6.07) is 3.27. The largest absolute Gasteiger partial charge is 0.508 e. The van der Waals surface area contributed by atoms with E-state index in [1.54, 1.807) is 12.1 Å². The van der Waals surface area contributed by atoms with Gasteiger partial charge in [0.15, 0.2) is 0 Å². The van der Waals surface area contributed by atoms with Gasteiger partial charge in [0.25, 0.3) is 6.47 Å². The Hall–Kier alpha value is -1.71. The minimum absolute atomic E-state index is 0.192. The zero-order valence-corrected chi connectivity index (χ0v) is 15.7. The fourth-order valence-electron chi connectivity index (χ4n) is 2.83. The molecular weight excluding hydrogens is 304 g/mol. The van der Waals surface area contributed by atoms with Crippen LogP contribution in [0.25, 0.3) is 0 Å². The van der Waals surface area contributed by atoms with E-state index in [1.165, 1.54) is 0 Å². The number of phenols is 2. The monoisotopic (exact) mass is 336 g/mol. The lowest BCUT2D eigenvalue weighted by molar-refractivity contribution is -0.140. The van der Waals surface area contributed by atoms with Gasteiger partial charge in [0.2, 0.25) is 0 Å². The molecule has 24 heavy (non-hydrogen) atoms. The van der Waals surface area contributed by atoms with Gasteiger partial charge in [0.1, 0.15) is 17.1 Å². The van der Waals surface area contributed by atoms with Crippen LogP contribution in [0.5, 0.6) is 11.5 Å². The Balaban J connectivity index is 2.70. The highest BCUT2D eigenvalue weighted by Crippen LogP contribution is 2.32. The first-order chi connectivity index (χ1) is 11.0. The Bertz CT molecular complexity index is 541. The van der Waals surface area contributed by atoms with Crippen molar-refractivity contribution in [2.45, 2.75) is 78.7 Å². The maximum Gasteiger partial charge on any atom is 0.293 e. The number of aromatic hydroxyl groups is 2. The zero-order valence-electron chi connectivity index (χ0n) is 15.7. The lowest BCUT2D eigenvalue weighted by Gasteiger charge is -2.22. The molecule has 136 valence electrons. The first kappa shape index (κ1) is 20.3. The number of benzene rings is 1. The maximum absolute atomic E-state index is 10.5. The summed E-state index contributed by atoms with van der Waals surface area (Å²) < 4.78 is 5.04. The Morgan fingerprint density at radius 1 is 0.958 bits per heavy atom. The molecule has 0 unspecified atom stereocenters. The molecule has 0 saturated carbocycles. The van der Waals surface area contributed by atoms with Crippen LogP contribution in [0.4, 0.5) is 0 Å². The van der Waals surface area contributed by atoms with Gasteiger partial charge in [-0.1, -0.05) is 20.8 Å². The second-order valence-electron chi connectivity index (χ2n) is 8.35. The summed E-state index contributed by atoms with van der Waals surface area (Å²) in [5, 5.41) is 20.4. The van der Waals surface area contributed by atoms with Crippen molar-refractivity contribution in [3.05, 3.63) is 23.3 Å². The fraction of sp³-hybridized carbons (Fsp3) is 0.650. The Kier molecular flexibility index (Phi) is 7.12. The molecule has 0 atom stereocenters. The molecule has 1 aromatic rings. The SMILES string of the molecule is CC(C)(C)CCCc1cc(O)cc(CCCC(C)(C)OC=O)c1O. The predicted octanol–water partition coefficient (Wildman–Crippen LogP) is 4.74. The molecule has 1 rings (SSSR count). The van der Waals surface area contributed by atoms with E-state index in [1.807, 2.05) is 13.8 Å². The third kappa shape index (κ3) is 7.24. The van der Waals surface area contributed by atoms with Gasteiger partial charge >= 0.3 is 0 Å². The van der Waals surface area contributed by atoms with Gasteiger partial charge in [-0.25, -0.2) is 0 Å². The summed E-state index contributed by atoms with van der Waals surface area (Å²) in [7, 11) is 0. The van der Waals surface area contributed by atoms with Crippen LogP contribution in [0.2, 0.25) is 0 Å². The molecule has 0 aliphatic rings. The van der Waals surface area contributed by atoms with E-state index < -0.39 is 5.60 Å². The van der Waals surface area contributed by atoms with Crippen molar-refractivity contribution in [1.82, 2.24) is 0 Å². The van der Waals surface area contributed by atoms with Crippen LogP contribution in [-0.2, 0) is 22.4 Å². The number of aryl methyl sites for hydroxylation is 2. The number of rotatable bonds is 9. The number of carbonyl (C=O) groups excluding carboxylic acids is 1. The summed E-state index contributed by atoms with van der Waals surface area (Å²) in [6.07, 6.45) is 4.89. The number of ether oxygens (including phenoxy) is 1. The van der Waals surface area contributed by atoms with Gasteiger partial charge in [-0.05, 0) is 81.0 Å². The smallest absolute Gasteiger partial charge is 0.293 e. The molecule has 0 fully saturated rings.